The van der Waals surface area contributed by atoms with Gasteiger partial charge in [0.2, 0.25) is 5.91 Å². The Morgan fingerprint density at radius 2 is 2.18 bits per heavy atom. The quantitative estimate of drug-likeness (QED) is 0.755. The number of amides is 1. The summed E-state index contributed by atoms with van der Waals surface area (Å²) in [6.45, 7) is 1.64. The summed E-state index contributed by atoms with van der Waals surface area (Å²) in [5.41, 5.74) is 0. The van der Waals surface area contributed by atoms with Crippen molar-refractivity contribution in [1.29, 1.82) is 0 Å². The highest BCUT2D eigenvalue weighted by atomic mass is 32.2. The van der Waals surface area contributed by atoms with Gasteiger partial charge in [0.05, 0.1) is 6.04 Å². The van der Waals surface area contributed by atoms with Gasteiger partial charge in [-0.05, 0) is 32.1 Å². The lowest BCUT2D eigenvalue weighted by molar-refractivity contribution is -0.136. The number of carbonyl (C=O) groups excluding carboxylic acids is 1. The Morgan fingerprint density at radius 1 is 1.41 bits per heavy atom. The van der Waals surface area contributed by atoms with Gasteiger partial charge in [-0.15, -0.1) is 0 Å². The maximum absolute atomic E-state index is 12.2. The second kappa shape index (κ2) is 5.96. The van der Waals surface area contributed by atoms with Crippen LogP contribution in [0.2, 0.25) is 0 Å². The van der Waals surface area contributed by atoms with Crippen LogP contribution in [0.25, 0.3) is 0 Å². The van der Waals surface area contributed by atoms with Crippen molar-refractivity contribution in [2.45, 2.75) is 44.2 Å². The van der Waals surface area contributed by atoms with E-state index in [9.17, 15) is 9.00 Å². The number of rotatable bonds is 6. The topological polar surface area (TPSA) is 49.4 Å². The van der Waals surface area contributed by atoms with Crippen LogP contribution in [0, 0.1) is 0 Å². The Bertz CT molecular complexity index is 305. The predicted molar refractivity (Wildman–Crippen MR) is 69.3 cm³/mol. The third-order valence-electron chi connectivity index (χ3n) is 3.40. The van der Waals surface area contributed by atoms with Gasteiger partial charge in [0.1, 0.15) is 0 Å². The molecule has 2 aliphatic rings. The third-order valence-corrected chi connectivity index (χ3v) is 4.27. The van der Waals surface area contributed by atoms with Gasteiger partial charge in [-0.3, -0.25) is 9.00 Å². The molecule has 0 radical (unpaired) electrons. The van der Waals surface area contributed by atoms with E-state index in [0.29, 0.717) is 11.8 Å². The number of hydrogen-bond donors (Lipinski definition) is 1. The Kier molecular flexibility index (Phi) is 4.56. The minimum Gasteiger partial charge on any atom is -0.341 e. The first-order valence-corrected chi connectivity index (χ1v) is 8.24. The minimum absolute atomic E-state index is 0.0448. The van der Waals surface area contributed by atoms with Gasteiger partial charge in [0.15, 0.2) is 0 Å². The molecule has 0 aromatic rings. The molecule has 4 nitrogen and oxygen atoms in total. The molecule has 17 heavy (non-hydrogen) atoms. The van der Waals surface area contributed by atoms with Crippen molar-refractivity contribution in [3.8, 4) is 0 Å². The third kappa shape index (κ3) is 4.07. The fourth-order valence-corrected chi connectivity index (χ4v) is 2.85. The molecule has 1 N–H and O–H groups in total. The van der Waals surface area contributed by atoms with Crippen LogP contribution in [-0.2, 0) is 15.6 Å². The van der Waals surface area contributed by atoms with Gasteiger partial charge < -0.3 is 10.2 Å². The number of likely N-dealkylation sites (tertiary alicyclic amines) is 1. The molecule has 0 aromatic carbocycles. The van der Waals surface area contributed by atoms with Gasteiger partial charge >= 0.3 is 0 Å². The van der Waals surface area contributed by atoms with Gasteiger partial charge in [-0.25, -0.2) is 0 Å². The zero-order chi connectivity index (χ0) is 12.3. The van der Waals surface area contributed by atoms with Crippen LogP contribution in [0.1, 0.15) is 32.1 Å². The molecule has 1 saturated carbocycles. The van der Waals surface area contributed by atoms with Crippen molar-refractivity contribution in [2.24, 2.45) is 0 Å². The first kappa shape index (κ1) is 13.0. The monoisotopic (exact) mass is 258 g/mol. The highest BCUT2D eigenvalue weighted by Crippen LogP contribution is 2.22. The lowest BCUT2D eigenvalue weighted by Crippen LogP contribution is -2.51. The Hall–Kier alpha value is -0.420. The van der Waals surface area contributed by atoms with E-state index in [1.54, 1.807) is 6.26 Å². The van der Waals surface area contributed by atoms with E-state index in [0.717, 1.165) is 32.4 Å². The van der Waals surface area contributed by atoms with Crippen molar-refractivity contribution in [3.05, 3.63) is 0 Å². The maximum Gasteiger partial charge on any atom is 0.239 e. The molecular formula is C12H22N2O2S. The first-order chi connectivity index (χ1) is 8.16. The highest BCUT2D eigenvalue weighted by molar-refractivity contribution is 7.84. The van der Waals surface area contributed by atoms with Crippen molar-refractivity contribution >= 4 is 16.7 Å². The van der Waals surface area contributed by atoms with E-state index in [2.05, 4.69) is 5.32 Å². The second-order valence-corrected chi connectivity index (χ2v) is 6.65. The van der Waals surface area contributed by atoms with Crippen LogP contribution in [0.5, 0.6) is 0 Å². The summed E-state index contributed by atoms with van der Waals surface area (Å²) in [7, 11) is -0.743. The number of nitrogens with zero attached hydrogens (tertiary/aromatic N) is 1. The molecule has 2 fully saturated rings. The van der Waals surface area contributed by atoms with Gasteiger partial charge in [0.25, 0.3) is 0 Å². The molecule has 0 spiro atoms. The van der Waals surface area contributed by atoms with Crippen LogP contribution in [-0.4, -0.2) is 52.2 Å². The van der Waals surface area contributed by atoms with Gasteiger partial charge in [-0.1, -0.05) is 0 Å². The van der Waals surface area contributed by atoms with E-state index in [-0.39, 0.29) is 11.9 Å². The van der Waals surface area contributed by atoms with Gasteiger partial charge in [-0.2, -0.15) is 0 Å². The predicted octanol–water partition coefficient (Wildman–Crippen LogP) is 0.498. The summed E-state index contributed by atoms with van der Waals surface area (Å²) < 4.78 is 11.0. The summed E-state index contributed by atoms with van der Waals surface area (Å²) >= 11 is 0. The van der Waals surface area contributed by atoms with E-state index in [4.69, 9.17) is 0 Å². The van der Waals surface area contributed by atoms with Gasteiger partial charge in [0, 0.05) is 41.9 Å². The summed E-state index contributed by atoms with van der Waals surface area (Å²) in [5, 5.41) is 3.42. The number of hydrogen-bond acceptors (Lipinski definition) is 3. The van der Waals surface area contributed by atoms with E-state index < -0.39 is 10.8 Å². The number of nitrogens with one attached hydrogen (secondary N) is 1. The molecule has 1 aliphatic heterocycles. The Morgan fingerprint density at radius 3 is 2.82 bits per heavy atom. The second-order valence-electron chi connectivity index (χ2n) is 5.09. The molecule has 1 saturated heterocycles. The average Bonchev–Trinajstić information content (AvgIpc) is 3.07. The normalized spacial score (nSPS) is 27.2. The van der Waals surface area contributed by atoms with Crippen LogP contribution >= 0.6 is 0 Å². The molecule has 1 heterocycles. The molecule has 2 rings (SSSR count). The zero-order valence-electron chi connectivity index (χ0n) is 10.5. The van der Waals surface area contributed by atoms with Crippen LogP contribution < -0.4 is 5.32 Å². The Balaban J connectivity index is 1.76. The number of piperidine rings is 1. The first-order valence-electron chi connectivity index (χ1n) is 6.51. The van der Waals surface area contributed by atoms with Crippen molar-refractivity contribution < 1.29 is 9.00 Å². The summed E-state index contributed by atoms with van der Waals surface area (Å²) in [5.74, 6) is 0.954. The fraction of sp³-hybridized carbons (Fsp3) is 0.917. The number of carbonyl (C=O) groups is 1. The smallest absolute Gasteiger partial charge is 0.239 e. The molecule has 1 amide bonds. The van der Waals surface area contributed by atoms with Crippen LogP contribution in [0.15, 0.2) is 0 Å². The zero-order valence-corrected chi connectivity index (χ0v) is 11.3. The SMILES string of the molecule is CS(=O)CCCN1CCCC(NC2CC2)C1=O. The molecule has 1 aliphatic carbocycles. The van der Waals surface area contributed by atoms with Crippen molar-refractivity contribution in [2.75, 3.05) is 25.1 Å². The average molecular weight is 258 g/mol. The fourth-order valence-electron chi connectivity index (χ4n) is 2.31. The standard InChI is InChI=1S/C12H22N2O2S/c1-17(16)9-3-8-14-7-2-4-11(12(14)15)13-10-5-6-10/h10-11,13H,2-9H2,1H3. The molecule has 98 valence electrons. The van der Waals surface area contributed by atoms with Crippen LogP contribution in [0.4, 0.5) is 0 Å². The van der Waals surface area contributed by atoms with Crippen LogP contribution in [0.3, 0.4) is 0 Å². The minimum atomic E-state index is -0.743. The highest BCUT2D eigenvalue weighted by Gasteiger charge is 2.32. The summed E-state index contributed by atoms with van der Waals surface area (Å²) in [6.07, 6.45) is 7.08. The molecule has 2 atom stereocenters. The van der Waals surface area contributed by atoms with E-state index in [1.165, 1.54) is 12.8 Å². The lowest BCUT2D eigenvalue weighted by atomic mass is 10.0. The van der Waals surface area contributed by atoms with E-state index >= 15 is 0 Å². The molecule has 2 unspecified atom stereocenters. The van der Waals surface area contributed by atoms with E-state index in [1.807, 2.05) is 4.90 Å². The molecule has 0 bridgehead atoms. The van der Waals surface area contributed by atoms with Crippen molar-refractivity contribution in [3.63, 3.8) is 0 Å². The van der Waals surface area contributed by atoms with Crippen molar-refractivity contribution in [1.82, 2.24) is 10.2 Å². The maximum atomic E-state index is 12.2. The largest absolute Gasteiger partial charge is 0.341 e. The summed E-state index contributed by atoms with van der Waals surface area (Å²) in [6, 6.07) is 0.635. The summed E-state index contributed by atoms with van der Waals surface area (Å²) in [4.78, 5) is 14.1. The Labute approximate surface area is 106 Å². The molecular weight excluding hydrogens is 236 g/mol. The molecule has 0 aromatic heterocycles. The molecule has 5 heteroatoms. The lowest BCUT2D eigenvalue weighted by Gasteiger charge is -2.32.